The third-order valence-corrected chi connectivity index (χ3v) is 2.26. The maximum Gasteiger partial charge on any atom is 0.572 e. The molecule has 0 radical (unpaired) electrons. The molecule has 0 aliphatic rings. The van der Waals surface area contributed by atoms with Crippen LogP contribution in [-0.2, 0) is 20.6 Å². The molecule has 0 aromatic heterocycles. The van der Waals surface area contributed by atoms with E-state index in [0.29, 0.717) is 0 Å². The maximum atomic E-state index is 9.73. The summed E-state index contributed by atoms with van der Waals surface area (Å²) in [7, 11) is -10.8. The average Bonchev–Trinajstić information content (AvgIpc) is 1.59. The summed E-state index contributed by atoms with van der Waals surface area (Å²) >= 11 is 0. The highest BCUT2D eigenvalue weighted by atomic mass is 32.3. The van der Waals surface area contributed by atoms with Gasteiger partial charge in [0.05, 0.1) is 4.91 Å². The first-order valence-corrected chi connectivity index (χ1v) is 4.37. The average molecular weight is 192 g/mol. The second-order valence-corrected chi connectivity index (χ2v) is 3.81. The fraction of sp³-hybridized carbons (Fsp3) is 0. The first-order chi connectivity index (χ1) is 4.15. The summed E-state index contributed by atoms with van der Waals surface area (Å²) in [6.07, 6.45) is 0. The molecule has 0 fully saturated rings. The molecule has 2 N–H and O–H groups in total. The van der Waals surface area contributed by atoms with Gasteiger partial charge in [-0.15, -0.1) is 16.8 Å². The molecule has 0 unspecified atom stereocenters. The van der Waals surface area contributed by atoms with Gasteiger partial charge in [-0.3, -0.25) is 0 Å². The second-order valence-electron chi connectivity index (χ2n) is 1.12. The molecule has 0 spiro atoms. The fourth-order valence-electron chi connectivity index (χ4n) is 0.119. The molecule has 0 aliphatic carbocycles. The number of nitrogens with zero attached hydrogens (tertiary/aromatic N) is 1. The van der Waals surface area contributed by atoms with Gasteiger partial charge in [-0.25, -0.2) is 9.11 Å². The van der Waals surface area contributed by atoms with E-state index in [9.17, 15) is 21.7 Å². The van der Waals surface area contributed by atoms with Crippen molar-refractivity contribution in [2.45, 2.75) is 0 Å². The van der Waals surface area contributed by atoms with Crippen LogP contribution in [0.5, 0.6) is 0 Å². The van der Waals surface area contributed by atoms with Crippen LogP contribution in [0.15, 0.2) is 0 Å². The van der Waals surface area contributed by atoms with Gasteiger partial charge in [0.15, 0.2) is 0 Å². The van der Waals surface area contributed by atoms with Crippen LogP contribution in [0.3, 0.4) is 0 Å². The molecule has 10 heteroatoms. The smallest absolute Gasteiger partial charge is 0.229 e. The Bertz CT molecular complexity index is 294. The zero-order chi connectivity index (χ0) is 8.58. The van der Waals surface area contributed by atoms with Gasteiger partial charge in [0.25, 0.3) is 3.57 Å². The fourth-order valence-corrected chi connectivity index (χ4v) is 1.07. The predicted molar refractivity (Wildman–Crippen MR) is 26.7 cm³/mol. The van der Waals surface area contributed by atoms with Crippen molar-refractivity contribution in [3.05, 3.63) is 4.91 Å². The van der Waals surface area contributed by atoms with E-state index in [1.165, 1.54) is 0 Å². The molecule has 0 heterocycles. The Morgan fingerprint density at radius 3 is 1.10 bits per heavy atom. The first-order valence-electron chi connectivity index (χ1n) is 1.58. The zero-order valence-corrected chi connectivity index (χ0v) is 5.83. The molecule has 0 aromatic carbocycles. The summed E-state index contributed by atoms with van der Waals surface area (Å²) in [5.74, 6) is 0. The normalized spacial score (nSPS) is 13.0. The van der Waals surface area contributed by atoms with Crippen LogP contribution in [0.25, 0.3) is 0 Å². The van der Waals surface area contributed by atoms with Gasteiger partial charge in [0, 0.05) is 0 Å². The van der Waals surface area contributed by atoms with E-state index < -0.39 is 24.2 Å². The molecular weight excluding hydrogens is 190 g/mol. The quantitative estimate of drug-likeness (QED) is 0.397. The summed E-state index contributed by atoms with van der Waals surface area (Å²) in [6.45, 7) is 0. The molecule has 0 bridgehead atoms. The van der Waals surface area contributed by atoms with E-state index in [0.717, 1.165) is 0 Å². The van der Waals surface area contributed by atoms with E-state index in [1.807, 2.05) is 0 Å². The van der Waals surface area contributed by atoms with Crippen molar-refractivity contribution in [2.75, 3.05) is 0 Å². The van der Waals surface area contributed by atoms with Crippen molar-refractivity contribution < 1.29 is 29.5 Å². The maximum absolute atomic E-state index is 9.73. The summed E-state index contributed by atoms with van der Waals surface area (Å²) in [4.78, 5) is 9.73. The van der Waals surface area contributed by atoms with Gasteiger partial charge in [-0.05, 0) is 0 Å². The third kappa shape index (κ3) is 2.34. The minimum atomic E-state index is -5.42. The highest BCUT2D eigenvalue weighted by Gasteiger charge is 2.41. The Kier molecular flexibility index (Phi) is 2.10. The molecule has 0 saturated heterocycles. The van der Waals surface area contributed by atoms with E-state index in [4.69, 9.17) is 9.11 Å². The Labute approximate surface area is 55.8 Å². The van der Waals surface area contributed by atoms with Crippen LogP contribution in [-0.4, -0.2) is 29.5 Å². The monoisotopic (exact) mass is 192 g/mol. The van der Waals surface area contributed by atoms with Crippen LogP contribution < -0.4 is 0 Å². The summed E-state index contributed by atoms with van der Waals surface area (Å²) in [6, 6.07) is 0. The molecule has 10 heavy (non-hydrogen) atoms. The Morgan fingerprint density at radius 2 is 1.10 bits per heavy atom. The van der Waals surface area contributed by atoms with Crippen LogP contribution in [0.4, 0.5) is 0 Å². The highest BCUT2D eigenvalue weighted by Crippen LogP contribution is 1.91. The largest absolute Gasteiger partial charge is 0.572 e. The van der Waals surface area contributed by atoms with E-state index in [-0.39, 0.29) is 0 Å². The molecule has 0 aromatic rings. The molecule has 0 rings (SSSR count). The molecule has 0 amide bonds. The lowest BCUT2D eigenvalue weighted by Crippen LogP contribution is -2.23. The van der Waals surface area contributed by atoms with Gasteiger partial charge >= 0.3 is 20.6 Å². The number of rotatable bonds is 2. The molecule has 0 atom stereocenters. The van der Waals surface area contributed by atoms with Crippen molar-refractivity contribution in [3.63, 3.8) is 0 Å². The van der Waals surface area contributed by atoms with Gasteiger partial charge in [-0.2, -0.15) is 0 Å². The van der Waals surface area contributed by atoms with E-state index in [2.05, 4.69) is 0 Å². The lowest BCUT2D eigenvalue weighted by molar-refractivity contribution is -0.230. The third-order valence-electron chi connectivity index (χ3n) is 0.377. The van der Waals surface area contributed by atoms with Gasteiger partial charge in [0.2, 0.25) is 0 Å². The Hall–Kier alpha value is -0.580. The van der Waals surface area contributed by atoms with Crippen molar-refractivity contribution in [1.82, 2.24) is 0 Å². The van der Waals surface area contributed by atoms with Crippen LogP contribution >= 0.6 is 0 Å². The van der Waals surface area contributed by atoms with Gasteiger partial charge in [-0.1, -0.05) is 0 Å². The van der Waals surface area contributed by atoms with E-state index in [1.54, 1.807) is 0 Å². The van der Waals surface area contributed by atoms with Gasteiger partial charge in [0.1, 0.15) is 0 Å². The summed E-state index contributed by atoms with van der Waals surface area (Å²) in [5, 5.41) is 0. The van der Waals surface area contributed by atoms with Crippen molar-refractivity contribution in [3.8, 4) is 0 Å². The molecule has 8 nitrogen and oxygen atoms in total. The van der Waals surface area contributed by atoms with Gasteiger partial charge < -0.3 is 0 Å². The van der Waals surface area contributed by atoms with E-state index >= 15 is 0 Å². The van der Waals surface area contributed by atoms with Crippen molar-refractivity contribution in [1.29, 1.82) is 0 Å². The highest BCUT2D eigenvalue weighted by molar-refractivity contribution is 7.91. The molecular formula is H2NO7S2+. The minimum absolute atomic E-state index is 1.82. The van der Waals surface area contributed by atoms with Crippen LogP contribution in [0.2, 0.25) is 0 Å². The number of nitroso groups, excluding NO2 is 1. The molecule has 0 saturated carbocycles. The lowest BCUT2D eigenvalue weighted by atomic mass is 13.7. The SMILES string of the molecule is O=[N+](S(=O)(=O)O)S(=O)(=O)O. The predicted octanol–water partition coefficient (Wildman–Crippen LogP) is -1.63. The number of hydrogen-bond acceptors (Lipinski definition) is 5. The second kappa shape index (κ2) is 2.23. The van der Waals surface area contributed by atoms with Crippen molar-refractivity contribution >= 4 is 20.6 Å². The molecule has 60 valence electrons. The van der Waals surface area contributed by atoms with Crippen molar-refractivity contribution in [2.24, 2.45) is 0 Å². The Balaban J connectivity index is 5.16. The van der Waals surface area contributed by atoms with Crippen LogP contribution in [0.1, 0.15) is 0 Å². The topological polar surface area (TPSA) is 129 Å². The summed E-state index contributed by atoms with van der Waals surface area (Å²) < 4.78 is 51.9. The minimum Gasteiger partial charge on any atom is -0.229 e. The lowest BCUT2D eigenvalue weighted by Gasteiger charge is -1.78. The van der Waals surface area contributed by atoms with Crippen LogP contribution in [0, 0.1) is 4.91 Å². The zero-order valence-electron chi connectivity index (χ0n) is 4.20. The standard InChI is InChI=1S/HNO7S2/c2-1(9(3,4)5)10(6,7)8/h(H-,3,4,5,6,7,8)/p+1. The Morgan fingerprint density at radius 1 is 0.900 bits per heavy atom. The number of hydrogen-bond donors (Lipinski definition) is 2. The summed E-state index contributed by atoms with van der Waals surface area (Å²) in [5.41, 5.74) is 0. The first kappa shape index (κ1) is 9.42. The molecule has 0 aliphatic heterocycles.